The van der Waals surface area contributed by atoms with Crippen LogP contribution in [0.5, 0.6) is 0 Å². The Balaban J connectivity index is 2.11. The number of nitrogens with zero attached hydrogens (tertiary/aromatic N) is 1. The fraction of sp³-hybridized carbons (Fsp3) is 0.667. The molecule has 5 amide bonds. The van der Waals surface area contributed by atoms with E-state index in [0.717, 1.165) is 12.1 Å². The first-order valence-electron chi connectivity index (χ1n) is 13.4. The van der Waals surface area contributed by atoms with E-state index in [1.165, 1.54) is 4.90 Å². The summed E-state index contributed by atoms with van der Waals surface area (Å²) >= 11 is 0. The SMILES string of the molecule is C=C(CCCN1C(=O)CC(C(C)C)C1=O)NCC(=C)NCC(=O)NCC(=O)NCCC(=O)NCCC(C)C. The first kappa shape index (κ1) is 32.7. The monoisotopic (exact) mass is 534 g/mol. The Morgan fingerprint density at radius 2 is 1.42 bits per heavy atom. The van der Waals surface area contributed by atoms with Crippen molar-refractivity contribution in [1.82, 2.24) is 31.5 Å². The molecule has 0 aromatic rings. The van der Waals surface area contributed by atoms with Gasteiger partial charge in [-0.1, -0.05) is 40.9 Å². The highest BCUT2D eigenvalue weighted by Crippen LogP contribution is 2.26. The van der Waals surface area contributed by atoms with E-state index in [2.05, 4.69) is 53.6 Å². The molecule has 0 radical (unpaired) electrons. The summed E-state index contributed by atoms with van der Waals surface area (Å²) in [6.45, 7) is 17.2. The third-order valence-corrected chi connectivity index (χ3v) is 6.16. The Kier molecular flexibility index (Phi) is 14.8. The number of carbonyl (C=O) groups excluding carboxylic acids is 5. The number of amides is 5. The highest BCUT2D eigenvalue weighted by atomic mass is 16.2. The van der Waals surface area contributed by atoms with Gasteiger partial charge < -0.3 is 26.6 Å². The van der Waals surface area contributed by atoms with E-state index in [1.807, 2.05) is 13.8 Å². The molecule has 1 heterocycles. The zero-order chi connectivity index (χ0) is 28.7. The van der Waals surface area contributed by atoms with Crippen LogP contribution in [0.25, 0.3) is 0 Å². The van der Waals surface area contributed by atoms with Crippen molar-refractivity contribution in [3.63, 3.8) is 0 Å². The van der Waals surface area contributed by atoms with Gasteiger partial charge in [0.1, 0.15) is 0 Å². The lowest BCUT2D eigenvalue weighted by molar-refractivity contribution is -0.139. The molecule has 0 aliphatic carbocycles. The summed E-state index contributed by atoms with van der Waals surface area (Å²) in [6.07, 6.45) is 2.58. The van der Waals surface area contributed by atoms with Gasteiger partial charge in [0.05, 0.1) is 19.6 Å². The maximum absolute atomic E-state index is 12.4. The van der Waals surface area contributed by atoms with E-state index < -0.39 is 0 Å². The van der Waals surface area contributed by atoms with Gasteiger partial charge in [0.25, 0.3) is 0 Å². The van der Waals surface area contributed by atoms with Crippen molar-refractivity contribution in [2.75, 3.05) is 39.3 Å². The molecule has 0 saturated carbocycles. The molecule has 0 bridgehead atoms. The topological polar surface area (TPSA) is 149 Å². The van der Waals surface area contributed by atoms with Crippen molar-refractivity contribution in [2.45, 2.75) is 59.8 Å². The highest BCUT2D eigenvalue weighted by molar-refractivity contribution is 6.03. The van der Waals surface area contributed by atoms with E-state index in [-0.39, 0.29) is 73.8 Å². The summed E-state index contributed by atoms with van der Waals surface area (Å²) in [4.78, 5) is 61.3. The minimum atomic E-state index is -0.373. The number of imide groups is 1. The molecule has 11 heteroatoms. The van der Waals surface area contributed by atoms with Gasteiger partial charge in [-0.15, -0.1) is 0 Å². The molecule has 0 aromatic heterocycles. The van der Waals surface area contributed by atoms with Crippen LogP contribution in [0.2, 0.25) is 0 Å². The smallest absolute Gasteiger partial charge is 0.239 e. The van der Waals surface area contributed by atoms with Crippen molar-refractivity contribution < 1.29 is 24.0 Å². The number of rotatable bonds is 19. The third kappa shape index (κ3) is 13.3. The van der Waals surface area contributed by atoms with Crippen molar-refractivity contribution in [2.24, 2.45) is 17.8 Å². The molecule has 1 aliphatic rings. The largest absolute Gasteiger partial charge is 0.383 e. The first-order valence-corrected chi connectivity index (χ1v) is 13.4. The molecular weight excluding hydrogens is 488 g/mol. The average Bonchev–Trinajstić information content (AvgIpc) is 3.13. The van der Waals surface area contributed by atoms with Gasteiger partial charge in [-0.3, -0.25) is 28.9 Å². The maximum atomic E-state index is 12.4. The average molecular weight is 535 g/mol. The zero-order valence-electron chi connectivity index (χ0n) is 23.4. The summed E-state index contributed by atoms with van der Waals surface area (Å²) in [5, 5.41) is 13.9. The zero-order valence-corrected chi connectivity index (χ0v) is 23.4. The van der Waals surface area contributed by atoms with Crippen LogP contribution in [0.1, 0.15) is 59.8 Å². The summed E-state index contributed by atoms with van der Waals surface area (Å²) < 4.78 is 0. The van der Waals surface area contributed by atoms with Gasteiger partial charge in [-0.2, -0.15) is 0 Å². The molecule has 1 fully saturated rings. The molecule has 38 heavy (non-hydrogen) atoms. The molecular formula is C27H46N6O5. The first-order chi connectivity index (χ1) is 17.9. The normalized spacial score (nSPS) is 15.0. The van der Waals surface area contributed by atoms with Crippen molar-refractivity contribution in [3.05, 3.63) is 24.6 Å². The highest BCUT2D eigenvalue weighted by Gasteiger charge is 2.39. The third-order valence-electron chi connectivity index (χ3n) is 6.16. The van der Waals surface area contributed by atoms with Crippen LogP contribution in [-0.4, -0.2) is 73.7 Å². The van der Waals surface area contributed by atoms with E-state index in [0.29, 0.717) is 44.1 Å². The van der Waals surface area contributed by atoms with Crippen LogP contribution in [-0.2, 0) is 24.0 Å². The lowest BCUT2D eigenvalue weighted by Gasteiger charge is -2.17. The predicted molar refractivity (Wildman–Crippen MR) is 146 cm³/mol. The summed E-state index contributed by atoms with van der Waals surface area (Å²) in [7, 11) is 0. The van der Waals surface area contributed by atoms with Crippen molar-refractivity contribution in [1.29, 1.82) is 0 Å². The standard InChI is InChI=1S/C27H46N6O5/c1-18(2)9-11-28-23(34)10-12-29-24(35)17-32-25(36)16-31-21(6)15-30-20(5)8-7-13-33-26(37)14-22(19(3)4)27(33)38/h18-19,22,30-31H,5-17H2,1-4H3,(H,28,34)(H,29,35)(H,32,36). The summed E-state index contributed by atoms with van der Waals surface area (Å²) in [5.41, 5.74) is 1.31. The van der Waals surface area contributed by atoms with Crippen LogP contribution in [0.3, 0.4) is 0 Å². The Labute approximate surface area is 226 Å². The molecule has 1 aliphatic heterocycles. The fourth-order valence-electron chi connectivity index (χ4n) is 3.71. The van der Waals surface area contributed by atoms with Gasteiger partial charge in [0.2, 0.25) is 29.5 Å². The second kappa shape index (κ2) is 17.2. The minimum Gasteiger partial charge on any atom is -0.383 e. The molecule has 1 atom stereocenters. The number of nitrogens with one attached hydrogen (secondary N) is 5. The van der Waals surface area contributed by atoms with Crippen LogP contribution in [0, 0.1) is 17.8 Å². The fourth-order valence-corrected chi connectivity index (χ4v) is 3.71. The Bertz CT molecular complexity index is 870. The molecule has 1 saturated heterocycles. The Morgan fingerprint density at radius 1 is 0.816 bits per heavy atom. The van der Waals surface area contributed by atoms with Crippen molar-refractivity contribution >= 4 is 29.5 Å². The molecule has 214 valence electrons. The van der Waals surface area contributed by atoms with Gasteiger partial charge in [-0.05, 0) is 31.1 Å². The second-order valence-corrected chi connectivity index (χ2v) is 10.4. The van der Waals surface area contributed by atoms with Crippen LogP contribution in [0.15, 0.2) is 24.6 Å². The van der Waals surface area contributed by atoms with Crippen LogP contribution >= 0.6 is 0 Å². The quantitative estimate of drug-likeness (QED) is 0.154. The summed E-state index contributed by atoms with van der Waals surface area (Å²) in [5.74, 6) is -0.620. The molecule has 5 N–H and O–H groups in total. The number of hydrogen-bond donors (Lipinski definition) is 5. The van der Waals surface area contributed by atoms with E-state index in [1.54, 1.807) is 0 Å². The Hall–Kier alpha value is -3.37. The maximum Gasteiger partial charge on any atom is 0.239 e. The number of hydrogen-bond acceptors (Lipinski definition) is 7. The minimum absolute atomic E-state index is 0.0469. The molecule has 11 nitrogen and oxygen atoms in total. The summed E-state index contributed by atoms with van der Waals surface area (Å²) in [6, 6.07) is 0. The van der Waals surface area contributed by atoms with Gasteiger partial charge in [-0.25, -0.2) is 0 Å². The van der Waals surface area contributed by atoms with E-state index in [9.17, 15) is 24.0 Å². The lowest BCUT2D eigenvalue weighted by atomic mass is 9.94. The molecule has 1 unspecified atom stereocenters. The van der Waals surface area contributed by atoms with E-state index >= 15 is 0 Å². The Morgan fingerprint density at radius 3 is 2.05 bits per heavy atom. The second-order valence-electron chi connectivity index (χ2n) is 10.4. The van der Waals surface area contributed by atoms with Gasteiger partial charge in [0.15, 0.2) is 0 Å². The van der Waals surface area contributed by atoms with Crippen molar-refractivity contribution in [3.8, 4) is 0 Å². The molecule has 0 spiro atoms. The molecule has 1 rings (SSSR count). The number of likely N-dealkylation sites (tertiary alicyclic amines) is 1. The lowest BCUT2D eigenvalue weighted by Crippen LogP contribution is -2.41. The van der Waals surface area contributed by atoms with E-state index in [4.69, 9.17) is 0 Å². The van der Waals surface area contributed by atoms with Crippen LogP contribution < -0.4 is 26.6 Å². The van der Waals surface area contributed by atoms with Gasteiger partial charge in [0, 0.05) is 49.8 Å². The molecule has 0 aromatic carbocycles. The number of allylic oxidation sites excluding steroid dienone is 1. The van der Waals surface area contributed by atoms with Crippen LogP contribution in [0.4, 0.5) is 0 Å². The number of carbonyl (C=O) groups is 5. The predicted octanol–water partition coefficient (Wildman–Crippen LogP) is 0.789. The van der Waals surface area contributed by atoms with Gasteiger partial charge >= 0.3 is 0 Å².